The molecule has 4 amide bonds. The number of nitrogens with one attached hydrogen (secondary N) is 2. The van der Waals surface area contributed by atoms with Crippen LogP contribution in [0.3, 0.4) is 0 Å². The van der Waals surface area contributed by atoms with Crippen molar-refractivity contribution < 1.29 is 24.3 Å². The smallest absolute Gasteiger partial charge is 0.407 e. The molecule has 186 valence electrons. The topological polar surface area (TPSA) is 119 Å². The molecule has 9 nitrogen and oxygen atoms in total. The van der Waals surface area contributed by atoms with Crippen molar-refractivity contribution in [2.75, 3.05) is 19.3 Å². The monoisotopic (exact) mass is 490 g/mol. The van der Waals surface area contributed by atoms with Crippen molar-refractivity contribution in [3.8, 4) is 0 Å². The van der Waals surface area contributed by atoms with Crippen LogP contribution in [0.5, 0.6) is 0 Å². The van der Waals surface area contributed by atoms with Crippen LogP contribution in [0.2, 0.25) is 0 Å². The average Bonchev–Trinajstić information content (AvgIpc) is 3.31. The van der Waals surface area contributed by atoms with E-state index in [0.29, 0.717) is 12.3 Å². The fraction of sp³-hybridized carbons (Fsp3) is 0.583. The molecule has 1 saturated heterocycles. The SMILES string of the molecule is CC(C)C(NC(=O)C(C)N(C)C(=O)O)C(=O)N1CCSC1C(=O)NC1CCCc2ccccc21. The minimum absolute atomic E-state index is 0.0800. The van der Waals surface area contributed by atoms with Crippen LogP contribution >= 0.6 is 11.8 Å². The number of carboxylic acid groups (broad SMARTS) is 1. The third-order valence-electron chi connectivity index (χ3n) is 6.58. The molecule has 0 bridgehead atoms. The fourth-order valence-electron chi connectivity index (χ4n) is 4.37. The van der Waals surface area contributed by atoms with Crippen molar-refractivity contribution in [3.63, 3.8) is 0 Å². The Hall–Kier alpha value is -2.75. The summed E-state index contributed by atoms with van der Waals surface area (Å²) in [5, 5.41) is 14.3. The highest BCUT2D eigenvalue weighted by Gasteiger charge is 2.40. The van der Waals surface area contributed by atoms with Gasteiger partial charge in [0, 0.05) is 19.3 Å². The highest BCUT2D eigenvalue weighted by atomic mass is 32.2. The maximum atomic E-state index is 13.4. The van der Waals surface area contributed by atoms with E-state index in [0.717, 1.165) is 29.7 Å². The first-order valence-corrected chi connectivity index (χ1v) is 12.7. The van der Waals surface area contributed by atoms with E-state index in [4.69, 9.17) is 5.11 Å². The molecule has 4 unspecified atom stereocenters. The second-order valence-electron chi connectivity index (χ2n) is 9.21. The van der Waals surface area contributed by atoms with E-state index in [1.54, 1.807) is 0 Å². The summed E-state index contributed by atoms with van der Waals surface area (Å²) in [6, 6.07) is 6.22. The number of likely N-dealkylation sites (N-methyl/N-ethyl adjacent to an activating group) is 1. The lowest BCUT2D eigenvalue weighted by atomic mass is 9.88. The van der Waals surface area contributed by atoms with Crippen LogP contribution in [0, 0.1) is 5.92 Å². The van der Waals surface area contributed by atoms with Crippen molar-refractivity contribution in [1.29, 1.82) is 0 Å². The van der Waals surface area contributed by atoms with Gasteiger partial charge in [0.2, 0.25) is 11.8 Å². The van der Waals surface area contributed by atoms with Crippen LogP contribution in [0.15, 0.2) is 24.3 Å². The predicted molar refractivity (Wildman–Crippen MR) is 130 cm³/mol. The van der Waals surface area contributed by atoms with Gasteiger partial charge in [-0.05, 0) is 43.2 Å². The molecule has 0 spiro atoms. The van der Waals surface area contributed by atoms with Gasteiger partial charge in [-0.2, -0.15) is 0 Å². The Kier molecular flexibility index (Phi) is 8.46. The number of carbonyl (C=O) groups excluding carboxylic acids is 3. The molecular formula is C24H34N4O5S. The quantitative estimate of drug-likeness (QED) is 0.539. The van der Waals surface area contributed by atoms with Crippen LogP contribution in [0.1, 0.15) is 50.8 Å². The van der Waals surface area contributed by atoms with Gasteiger partial charge in [0.05, 0.1) is 6.04 Å². The Balaban J connectivity index is 1.70. The highest BCUT2D eigenvalue weighted by Crippen LogP contribution is 2.31. The number of thioether (sulfide) groups is 1. The lowest BCUT2D eigenvalue weighted by molar-refractivity contribution is -0.141. The van der Waals surface area contributed by atoms with Gasteiger partial charge in [-0.3, -0.25) is 19.3 Å². The first kappa shape index (κ1) is 25.9. The van der Waals surface area contributed by atoms with Crippen LogP contribution in [0.4, 0.5) is 4.79 Å². The minimum atomic E-state index is -1.23. The summed E-state index contributed by atoms with van der Waals surface area (Å²) >= 11 is 1.41. The van der Waals surface area contributed by atoms with Gasteiger partial charge in [-0.15, -0.1) is 11.8 Å². The van der Waals surface area contributed by atoms with Crippen molar-refractivity contribution >= 4 is 35.6 Å². The molecule has 10 heteroatoms. The standard InChI is InChI=1S/C24H34N4O5S/c1-14(2)19(26-20(29)15(3)27(4)24(32)33)22(31)28-12-13-34-23(28)21(30)25-18-11-7-9-16-8-5-6-10-17(16)18/h5-6,8,10,14-15,18-19,23H,7,9,11-13H2,1-4H3,(H,25,30)(H,26,29)(H,32,33). The number of rotatable bonds is 7. The fourth-order valence-corrected chi connectivity index (χ4v) is 5.50. The summed E-state index contributed by atoms with van der Waals surface area (Å²) in [7, 11) is 1.31. The predicted octanol–water partition coefficient (Wildman–Crippen LogP) is 2.22. The third-order valence-corrected chi connectivity index (χ3v) is 7.78. The van der Waals surface area contributed by atoms with Crippen molar-refractivity contribution in [3.05, 3.63) is 35.4 Å². The molecule has 3 rings (SSSR count). The van der Waals surface area contributed by atoms with Gasteiger partial charge in [0.1, 0.15) is 12.1 Å². The number of aryl methyl sites for hydroxylation is 1. The van der Waals surface area contributed by atoms with E-state index in [1.165, 1.54) is 36.2 Å². The molecule has 1 aliphatic carbocycles. The van der Waals surface area contributed by atoms with Crippen molar-refractivity contribution in [1.82, 2.24) is 20.4 Å². The minimum Gasteiger partial charge on any atom is -0.465 e. The summed E-state index contributed by atoms with van der Waals surface area (Å²) < 4.78 is 0. The Bertz CT molecular complexity index is 940. The Morgan fingerprint density at radius 2 is 1.88 bits per heavy atom. The van der Waals surface area contributed by atoms with E-state index >= 15 is 0 Å². The Morgan fingerprint density at radius 1 is 1.18 bits per heavy atom. The molecule has 1 fully saturated rings. The molecule has 34 heavy (non-hydrogen) atoms. The van der Waals surface area contributed by atoms with Gasteiger partial charge in [-0.1, -0.05) is 38.1 Å². The van der Waals surface area contributed by atoms with E-state index in [2.05, 4.69) is 16.7 Å². The third kappa shape index (κ3) is 5.65. The first-order chi connectivity index (χ1) is 16.1. The summed E-state index contributed by atoms with van der Waals surface area (Å²) in [5.74, 6) is -0.697. The van der Waals surface area contributed by atoms with E-state index in [9.17, 15) is 19.2 Å². The molecule has 3 N–H and O–H groups in total. The molecule has 1 aromatic carbocycles. The second-order valence-corrected chi connectivity index (χ2v) is 10.4. The van der Waals surface area contributed by atoms with E-state index in [-0.39, 0.29) is 23.8 Å². The largest absolute Gasteiger partial charge is 0.465 e. The van der Waals surface area contributed by atoms with Crippen molar-refractivity contribution in [2.24, 2.45) is 5.92 Å². The number of carbonyl (C=O) groups is 4. The Labute approximate surface area is 204 Å². The van der Waals surface area contributed by atoms with Crippen LogP contribution in [-0.2, 0) is 20.8 Å². The maximum absolute atomic E-state index is 13.4. The molecule has 1 aliphatic heterocycles. The molecule has 1 heterocycles. The number of benzene rings is 1. The summed E-state index contributed by atoms with van der Waals surface area (Å²) in [5.41, 5.74) is 2.38. The number of fused-ring (bicyclic) bond motifs is 1. The van der Waals surface area contributed by atoms with Crippen LogP contribution in [0.25, 0.3) is 0 Å². The van der Waals surface area contributed by atoms with Gasteiger partial charge in [0.15, 0.2) is 5.37 Å². The number of amides is 4. The summed E-state index contributed by atoms with van der Waals surface area (Å²) in [4.78, 5) is 52.9. The van der Waals surface area contributed by atoms with Gasteiger partial charge < -0.3 is 20.6 Å². The molecule has 0 radical (unpaired) electrons. The molecule has 4 atom stereocenters. The second kappa shape index (κ2) is 11.1. The van der Waals surface area contributed by atoms with Crippen LogP contribution in [-0.4, -0.2) is 75.5 Å². The Morgan fingerprint density at radius 3 is 2.56 bits per heavy atom. The van der Waals surface area contributed by atoms with Crippen LogP contribution < -0.4 is 10.6 Å². The zero-order chi connectivity index (χ0) is 25.0. The molecule has 2 aliphatic rings. The zero-order valence-electron chi connectivity index (χ0n) is 20.1. The summed E-state index contributed by atoms with van der Waals surface area (Å²) in [6.07, 6.45) is 1.61. The molecule has 1 aromatic rings. The number of hydrogen-bond acceptors (Lipinski definition) is 5. The molecular weight excluding hydrogens is 456 g/mol. The lowest BCUT2D eigenvalue weighted by Gasteiger charge is -2.32. The molecule has 0 saturated carbocycles. The van der Waals surface area contributed by atoms with E-state index < -0.39 is 29.5 Å². The van der Waals surface area contributed by atoms with Gasteiger partial charge in [0.25, 0.3) is 5.91 Å². The first-order valence-electron chi connectivity index (χ1n) is 11.7. The maximum Gasteiger partial charge on any atom is 0.407 e. The molecule has 0 aromatic heterocycles. The highest BCUT2D eigenvalue weighted by molar-refractivity contribution is 8.00. The lowest BCUT2D eigenvalue weighted by Crippen LogP contribution is -2.57. The number of hydrogen-bond donors (Lipinski definition) is 3. The van der Waals surface area contributed by atoms with E-state index in [1.807, 2.05) is 32.0 Å². The van der Waals surface area contributed by atoms with Crippen molar-refractivity contribution in [2.45, 2.75) is 63.5 Å². The average molecular weight is 491 g/mol. The zero-order valence-corrected chi connectivity index (χ0v) is 20.9. The van der Waals surface area contributed by atoms with Gasteiger partial charge in [-0.25, -0.2) is 4.79 Å². The van der Waals surface area contributed by atoms with Gasteiger partial charge >= 0.3 is 6.09 Å². The normalized spacial score (nSPS) is 21.4. The summed E-state index contributed by atoms with van der Waals surface area (Å²) in [6.45, 7) is 5.50. The number of nitrogens with zero attached hydrogens (tertiary/aromatic N) is 2.